The molecule has 3 heterocycles. The van der Waals surface area contributed by atoms with Crippen molar-refractivity contribution in [3.8, 4) is 0 Å². The highest BCUT2D eigenvalue weighted by Crippen LogP contribution is 2.28. The van der Waals surface area contributed by atoms with Crippen LogP contribution in [-0.4, -0.2) is 60.3 Å². The molecule has 7 nitrogen and oxygen atoms in total. The summed E-state index contributed by atoms with van der Waals surface area (Å²) in [7, 11) is 4.01. The van der Waals surface area contributed by atoms with Gasteiger partial charge in [0.25, 0.3) is 0 Å². The fourth-order valence-corrected chi connectivity index (χ4v) is 3.66. The maximum Gasteiger partial charge on any atom is 0.343 e. The van der Waals surface area contributed by atoms with E-state index in [1.165, 1.54) is 12.3 Å². The maximum absolute atomic E-state index is 15.0. The summed E-state index contributed by atoms with van der Waals surface area (Å²) in [6.45, 7) is 9.00. The van der Waals surface area contributed by atoms with Crippen LogP contribution in [0.4, 0.5) is 10.2 Å². The Bertz CT molecular complexity index is 994. The van der Waals surface area contributed by atoms with Crippen LogP contribution in [0.1, 0.15) is 44.5 Å². The topological polar surface area (TPSA) is 67.7 Å². The summed E-state index contributed by atoms with van der Waals surface area (Å²) in [5.74, 6) is -1.03. The molecule has 0 aliphatic carbocycles. The van der Waals surface area contributed by atoms with Crippen molar-refractivity contribution in [1.29, 1.82) is 0 Å². The van der Waals surface area contributed by atoms with Crippen LogP contribution in [0.5, 0.6) is 0 Å². The Morgan fingerprint density at radius 2 is 2.07 bits per heavy atom. The third-order valence-electron chi connectivity index (χ3n) is 5.32. The lowest BCUT2D eigenvalue weighted by molar-refractivity contribution is 0.0524. The van der Waals surface area contributed by atoms with Gasteiger partial charge in [-0.05, 0) is 54.3 Å². The minimum Gasteiger partial charge on any atom is -0.462 e. The molecule has 2 aromatic heterocycles. The lowest BCUT2D eigenvalue weighted by Crippen LogP contribution is -2.33. The van der Waals surface area contributed by atoms with Gasteiger partial charge in [-0.1, -0.05) is 0 Å². The van der Waals surface area contributed by atoms with E-state index >= 15 is 4.39 Å². The molecule has 1 aliphatic heterocycles. The Kier molecular flexibility index (Phi) is 5.67. The average Bonchev–Trinajstić information content (AvgIpc) is 3.11. The van der Waals surface area contributed by atoms with Crippen LogP contribution in [0.25, 0.3) is 11.0 Å². The Hall–Kier alpha value is -2.48. The van der Waals surface area contributed by atoms with Crippen molar-refractivity contribution < 1.29 is 13.9 Å². The summed E-state index contributed by atoms with van der Waals surface area (Å²) in [4.78, 5) is 33.8. The zero-order valence-electron chi connectivity index (χ0n) is 18.0. The predicted molar refractivity (Wildman–Crippen MR) is 111 cm³/mol. The van der Waals surface area contributed by atoms with E-state index in [0.717, 1.165) is 6.42 Å². The molecule has 1 fully saturated rings. The maximum atomic E-state index is 15.0. The fourth-order valence-electron chi connectivity index (χ4n) is 3.66. The molecule has 3 rings (SSSR count). The van der Waals surface area contributed by atoms with Gasteiger partial charge in [-0.25, -0.2) is 14.2 Å². The minimum absolute atomic E-state index is 0.0788. The smallest absolute Gasteiger partial charge is 0.343 e. The lowest BCUT2D eigenvalue weighted by atomic mass is 10.1. The molecule has 1 saturated heterocycles. The summed E-state index contributed by atoms with van der Waals surface area (Å²) in [6.07, 6.45) is 2.39. The number of carbonyl (C=O) groups excluding carboxylic acids is 1. The van der Waals surface area contributed by atoms with E-state index < -0.39 is 22.8 Å². The number of carbonyl (C=O) groups is 1. The van der Waals surface area contributed by atoms with Crippen molar-refractivity contribution in [2.75, 3.05) is 38.7 Å². The number of anilines is 1. The van der Waals surface area contributed by atoms with Crippen molar-refractivity contribution in [3.63, 3.8) is 0 Å². The lowest BCUT2D eigenvalue weighted by Gasteiger charge is -2.27. The molecule has 0 bridgehead atoms. The number of nitrogens with zero attached hydrogens (tertiary/aromatic N) is 4. The van der Waals surface area contributed by atoms with Crippen LogP contribution in [0.15, 0.2) is 17.1 Å². The SMILES string of the molecule is CCOC(=O)c1cn(C(C)(C)C)c2nc(N3CCC(N(C)C)C3)c(F)cc2c1=O. The minimum atomic E-state index is -0.713. The number of esters is 1. The third-order valence-corrected chi connectivity index (χ3v) is 5.32. The van der Waals surface area contributed by atoms with E-state index in [4.69, 9.17) is 4.74 Å². The fraction of sp³-hybridized carbons (Fsp3) is 0.571. The van der Waals surface area contributed by atoms with Gasteiger partial charge in [0.1, 0.15) is 11.2 Å². The molecule has 1 aliphatic rings. The number of hydrogen-bond acceptors (Lipinski definition) is 6. The van der Waals surface area contributed by atoms with Crippen molar-refractivity contribution in [1.82, 2.24) is 14.5 Å². The number of aromatic nitrogens is 2. The zero-order valence-corrected chi connectivity index (χ0v) is 18.0. The third kappa shape index (κ3) is 3.99. The molecule has 0 aromatic carbocycles. The molecule has 0 amide bonds. The van der Waals surface area contributed by atoms with Crippen LogP contribution in [-0.2, 0) is 10.3 Å². The van der Waals surface area contributed by atoms with Gasteiger partial charge in [-0.2, -0.15) is 0 Å². The van der Waals surface area contributed by atoms with Crippen LogP contribution >= 0.6 is 0 Å². The molecule has 158 valence electrons. The molecule has 0 N–H and O–H groups in total. The molecular weight excluding hydrogens is 375 g/mol. The average molecular weight is 404 g/mol. The van der Waals surface area contributed by atoms with E-state index in [2.05, 4.69) is 9.88 Å². The largest absolute Gasteiger partial charge is 0.462 e. The molecule has 0 radical (unpaired) electrons. The normalized spacial score (nSPS) is 17.4. The second-order valence-corrected chi connectivity index (χ2v) is 8.65. The Morgan fingerprint density at radius 1 is 1.38 bits per heavy atom. The summed E-state index contributed by atoms with van der Waals surface area (Å²) in [5, 5.41) is 0.0788. The molecule has 2 aromatic rings. The number of rotatable bonds is 4. The Balaban J connectivity index is 2.21. The first-order chi connectivity index (χ1) is 13.5. The van der Waals surface area contributed by atoms with Gasteiger partial charge < -0.3 is 19.1 Å². The van der Waals surface area contributed by atoms with Gasteiger partial charge in [-0.15, -0.1) is 0 Å². The summed E-state index contributed by atoms with van der Waals surface area (Å²) < 4.78 is 21.8. The molecule has 1 atom stereocenters. The molecule has 0 spiro atoms. The molecule has 29 heavy (non-hydrogen) atoms. The summed E-state index contributed by atoms with van der Waals surface area (Å²) in [6, 6.07) is 1.52. The monoisotopic (exact) mass is 404 g/mol. The molecular formula is C21H29FN4O3. The van der Waals surface area contributed by atoms with Gasteiger partial charge in [0, 0.05) is 30.9 Å². The highest BCUT2D eigenvalue weighted by molar-refractivity contribution is 5.93. The second-order valence-electron chi connectivity index (χ2n) is 8.65. The van der Waals surface area contributed by atoms with Gasteiger partial charge in [0.2, 0.25) is 5.43 Å². The predicted octanol–water partition coefficient (Wildman–Crippen LogP) is 2.61. The molecule has 8 heteroatoms. The van der Waals surface area contributed by atoms with Crippen LogP contribution < -0.4 is 10.3 Å². The molecule has 1 unspecified atom stereocenters. The van der Waals surface area contributed by atoms with E-state index in [-0.39, 0.29) is 23.4 Å². The van der Waals surface area contributed by atoms with Crippen molar-refractivity contribution >= 4 is 22.8 Å². The van der Waals surface area contributed by atoms with E-state index in [1.807, 2.05) is 39.8 Å². The van der Waals surface area contributed by atoms with Crippen LogP contribution in [0, 0.1) is 5.82 Å². The number of hydrogen-bond donors (Lipinski definition) is 0. The first kappa shape index (κ1) is 21.2. The number of pyridine rings is 2. The highest BCUT2D eigenvalue weighted by Gasteiger charge is 2.29. The Morgan fingerprint density at radius 3 is 2.62 bits per heavy atom. The number of fused-ring (bicyclic) bond motifs is 1. The van der Waals surface area contributed by atoms with Gasteiger partial charge in [-0.3, -0.25) is 4.79 Å². The first-order valence-electron chi connectivity index (χ1n) is 9.89. The highest BCUT2D eigenvalue weighted by atomic mass is 19.1. The standard InChI is InChI=1S/C21H29FN4O3/c1-7-29-20(28)15-12-26(21(2,3)4)18-14(17(15)27)10-16(22)19(23-18)25-9-8-13(11-25)24(5)6/h10,12-13H,7-9,11H2,1-6H3. The molecule has 0 saturated carbocycles. The van der Waals surface area contributed by atoms with E-state index in [9.17, 15) is 9.59 Å². The van der Waals surface area contributed by atoms with E-state index in [0.29, 0.717) is 24.8 Å². The summed E-state index contributed by atoms with van der Waals surface area (Å²) >= 11 is 0. The van der Waals surface area contributed by atoms with Gasteiger partial charge in [0.05, 0.1) is 12.0 Å². The van der Waals surface area contributed by atoms with Crippen LogP contribution in [0.2, 0.25) is 0 Å². The van der Waals surface area contributed by atoms with E-state index in [1.54, 1.807) is 11.5 Å². The van der Waals surface area contributed by atoms with Gasteiger partial charge in [0.15, 0.2) is 11.6 Å². The number of halogens is 1. The van der Waals surface area contributed by atoms with Crippen molar-refractivity contribution in [3.05, 3.63) is 33.9 Å². The quantitative estimate of drug-likeness (QED) is 0.730. The second kappa shape index (κ2) is 7.74. The first-order valence-corrected chi connectivity index (χ1v) is 9.89. The zero-order chi connectivity index (χ0) is 21.5. The van der Waals surface area contributed by atoms with Gasteiger partial charge >= 0.3 is 5.97 Å². The van der Waals surface area contributed by atoms with Crippen LogP contribution in [0.3, 0.4) is 0 Å². The van der Waals surface area contributed by atoms with Crippen molar-refractivity contribution in [2.45, 2.75) is 45.7 Å². The number of ether oxygens (including phenoxy) is 1. The number of likely N-dealkylation sites (N-methyl/N-ethyl adjacent to an activating group) is 1. The van der Waals surface area contributed by atoms with Crippen molar-refractivity contribution in [2.24, 2.45) is 0 Å². The Labute approximate surface area is 170 Å². The summed E-state index contributed by atoms with van der Waals surface area (Å²) in [5.41, 5.74) is -0.797.